The molecule has 1 aliphatic rings. The van der Waals surface area contributed by atoms with Gasteiger partial charge in [0.2, 0.25) is 6.79 Å². The molecule has 0 unspecified atom stereocenters. The first-order chi connectivity index (χ1) is 8.30. The van der Waals surface area contributed by atoms with Gasteiger partial charge in [0.05, 0.1) is 12.1 Å². The lowest BCUT2D eigenvalue weighted by molar-refractivity contribution is 0.0399. The summed E-state index contributed by atoms with van der Waals surface area (Å²) in [5.41, 5.74) is 6.68. The van der Waals surface area contributed by atoms with Crippen molar-refractivity contribution in [3.63, 3.8) is 0 Å². The fourth-order valence-electron chi connectivity index (χ4n) is 1.90. The topological polar surface area (TPSA) is 64.7 Å². The largest absolute Gasteiger partial charge is 0.454 e. The van der Waals surface area contributed by atoms with E-state index in [0.29, 0.717) is 11.5 Å². The van der Waals surface area contributed by atoms with Crippen LogP contribution < -0.4 is 15.2 Å². The highest BCUT2D eigenvalue weighted by molar-refractivity contribution is 9.10. The van der Waals surface area contributed by atoms with Crippen LogP contribution in [-0.4, -0.2) is 18.0 Å². The van der Waals surface area contributed by atoms with Crippen molar-refractivity contribution in [2.45, 2.75) is 32.9 Å². The second-order valence-corrected chi connectivity index (χ2v) is 6.42. The molecular formula is C13H18BrNO3. The molecule has 5 heteroatoms. The van der Waals surface area contributed by atoms with Crippen LogP contribution in [0.1, 0.15) is 32.4 Å². The van der Waals surface area contributed by atoms with Gasteiger partial charge in [0.15, 0.2) is 11.5 Å². The van der Waals surface area contributed by atoms with Crippen LogP contribution in [-0.2, 0) is 0 Å². The minimum Gasteiger partial charge on any atom is -0.454 e. The van der Waals surface area contributed by atoms with Crippen molar-refractivity contribution >= 4 is 15.9 Å². The number of nitrogens with two attached hydrogens (primary N) is 1. The normalized spacial score (nSPS) is 17.7. The Balaban J connectivity index is 2.34. The fourth-order valence-corrected chi connectivity index (χ4v) is 2.48. The zero-order chi connectivity index (χ0) is 13.5. The molecule has 0 saturated carbocycles. The van der Waals surface area contributed by atoms with Crippen LogP contribution in [0, 0.1) is 5.41 Å². The summed E-state index contributed by atoms with van der Waals surface area (Å²) in [5.74, 6) is 1.37. The van der Waals surface area contributed by atoms with Crippen LogP contribution in [0.3, 0.4) is 0 Å². The van der Waals surface area contributed by atoms with E-state index in [1.807, 2.05) is 32.9 Å². The van der Waals surface area contributed by atoms with E-state index in [-0.39, 0.29) is 12.2 Å². The van der Waals surface area contributed by atoms with E-state index >= 15 is 0 Å². The van der Waals surface area contributed by atoms with E-state index in [1.54, 1.807) is 0 Å². The Hall–Kier alpha value is -0.780. The summed E-state index contributed by atoms with van der Waals surface area (Å²) >= 11 is 3.46. The summed E-state index contributed by atoms with van der Waals surface area (Å²) in [6.07, 6.45) is -0.644. The molecule has 2 rings (SSSR count). The van der Waals surface area contributed by atoms with Crippen LogP contribution >= 0.6 is 15.9 Å². The molecule has 100 valence electrons. The third kappa shape index (κ3) is 2.48. The number of hydrogen-bond acceptors (Lipinski definition) is 4. The van der Waals surface area contributed by atoms with E-state index in [0.717, 1.165) is 10.0 Å². The van der Waals surface area contributed by atoms with Crippen LogP contribution in [0.2, 0.25) is 0 Å². The van der Waals surface area contributed by atoms with Crippen molar-refractivity contribution < 1.29 is 14.6 Å². The van der Waals surface area contributed by atoms with Gasteiger partial charge in [-0.15, -0.1) is 0 Å². The SMILES string of the molecule is CC(C)(C)[C@H](O)[C@H](N)c1cc2c(cc1Br)OCO2. The Labute approximate surface area is 115 Å². The number of aliphatic hydroxyl groups is 1. The van der Waals surface area contributed by atoms with E-state index in [9.17, 15) is 5.11 Å². The van der Waals surface area contributed by atoms with E-state index in [1.165, 1.54) is 0 Å². The summed E-state index contributed by atoms with van der Waals surface area (Å²) in [7, 11) is 0. The lowest BCUT2D eigenvalue weighted by Crippen LogP contribution is -2.37. The molecule has 0 fully saturated rings. The second-order valence-electron chi connectivity index (χ2n) is 5.56. The Bertz CT molecular complexity index is 456. The van der Waals surface area contributed by atoms with Gasteiger partial charge >= 0.3 is 0 Å². The number of benzene rings is 1. The smallest absolute Gasteiger partial charge is 0.231 e. The number of rotatable bonds is 2. The van der Waals surface area contributed by atoms with Crippen LogP contribution in [0.4, 0.5) is 0 Å². The minimum absolute atomic E-state index is 0.224. The first-order valence-electron chi connectivity index (χ1n) is 5.83. The Morgan fingerprint density at radius 3 is 2.39 bits per heavy atom. The van der Waals surface area contributed by atoms with Gasteiger partial charge in [-0.2, -0.15) is 0 Å². The molecule has 1 aliphatic heterocycles. The molecule has 3 N–H and O–H groups in total. The zero-order valence-electron chi connectivity index (χ0n) is 10.7. The monoisotopic (exact) mass is 315 g/mol. The maximum atomic E-state index is 10.3. The van der Waals surface area contributed by atoms with Gasteiger partial charge < -0.3 is 20.3 Å². The average molecular weight is 316 g/mol. The highest BCUT2D eigenvalue weighted by Gasteiger charge is 2.31. The van der Waals surface area contributed by atoms with Gasteiger partial charge in [-0.3, -0.25) is 0 Å². The molecule has 0 bridgehead atoms. The Morgan fingerprint density at radius 2 is 1.83 bits per heavy atom. The van der Waals surface area contributed by atoms with Crippen molar-refractivity contribution in [1.29, 1.82) is 0 Å². The molecule has 18 heavy (non-hydrogen) atoms. The summed E-state index contributed by atoms with van der Waals surface area (Å²) in [4.78, 5) is 0. The summed E-state index contributed by atoms with van der Waals surface area (Å²) < 4.78 is 11.4. The van der Waals surface area contributed by atoms with E-state index < -0.39 is 12.1 Å². The van der Waals surface area contributed by atoms with E-state index in [4.69, 9.17) is 15.2 Å². The lowest BCUT2D eigenvalue weighted by atomic mass is 9.82. The lowest BCUT2D eigenvalue weighted by Gasteiger charge is -2.31. The number of halogens is 1. The molecule has 2 atom stereocenters. The molecular weight excluding hydrogens is 298 g/mol. The third-order valence-electron chi connectivity index (χ3n) is 3.08. The Kier molecular flexibility index (Phi) is 3.58. The maximum Gasteiger partial charge on any atom is 0.231 e. The Morgan fingerprint density at radius 1 is 1.28 bits per heavy atom. The van der Waals surface area contributed by atoms with Gasteiger partial charge in [-0.1, -0.05) is 36.7 Å². The molecule has 1 heterocycles. The average Bonchev–Trinajstić information content (AvgIpc) is 2.71. The first-order valence-corrected chi connectivity index (χ1v) is 6.62. The van der Waals surface area contributed by atoms with Gasteiger partial charge in [-0.05, 0) is 23.1 Å². The predicted molar refractivity (Wildman–Crippen MR) is 72.7 cm³/mol. The fraction of sp³-hybridized carbons (Fsp3) is 0.538. The van der Waals surface area contributed by atoms with Crippen molar-refractivity contribution in [3.8, 4) is 11.5 Å². The van der Waals surface area contributed by atoms with Crippen molar-refractivity contribution in [3.05, 3.63) is 22.2 Å². The standard InChI is InChI=1S/C13H18BrNO3/c1-13(2,3)12(16)11(15)7-4-9-10(5-8(7)14)18-6-17-9/h4-5,11-12,16H,6,15H2,1-3H3/t11-,12-/m1/s1. The van der Waals surface area contributed by atoms with E-state index in [2.05, 4.69) is 15.9 Å². The molecule has 4 nitrogen and oxygen atoms in total. The molecule has 1 aromatic carbocycles. The molecule has 0 radical (unpaired) electrons. The van der Waals surface area contributed by atoms with Crippen molar-refractivity contribution in [2.75, 3.05) is 6.79 Å². The molecule has 0 amide bonds. The van der Waals surface area contributed by atoms with Crippen LogP contribution in [0.5, 0.6) is 11.5 Å². The molecule has 0 saturated heterocycles. The zero-order valence-corrected chi connectivity index (χ0v) is 12.3. The number of hydrogen-bond donors (Lipinski definition) is 2. The highest BCUT2D eigenvalue weighted by Crippen LogP contribution is 2.40. The first kappa shape index (κ1) is 13.6. The summed E-state index contributed by atoms with van der Waals surface area (Å²) in [6.45, 7) is 6.09. The third-order valence-corrected chi connectivity index (χ3v) is 3.77. The van der Waals surface area contributed by atoms with Crippen molar-refractivity contribution in [2.24, 2.45) is 11.1 Å². The number of aliphatic hydroxyl groups excluding tert-OH is 1. The number of fused-ring (bicyclic) bond motifs is 1. The maximum absolute atomic E-state index is 10.3. The predicted octanol–water partition coefficient (Wildman–Crippen LogP) is 2.58. The van der Waals surface area contributed by atoms with Crippen LogP contribution in [0.15, 0.2) is 16.6 Å². The molecule has 0 aromatic heterocycles. The van der Waals surface area contributed by atoms with Crippen LogP contribution in [0.25, 0.3) is 0 Å². The minimum atomic E-state index is -0.644. The number of ether oxygens (including phenoxy) is 2. The second kappa shape index (κ2) is 4.72. The van der Waals surface area contributed by atoms with Crippen molar-refractivity contribution in [1.82, 2.24) is 0 Å². The van der Waals surface area contributed by atoms with Gasteiger partial charge in [0, 0.05) is 4.47 Å². The highest BCUT2D eigenvalue weighted by atomic mass is 79.9. The van der Waals surface area contributed by atoms with Gasteiger partial charge in [0.25, 0.3) is 0 Å². The molecule has 1 aromatic rings. The van der Waals surface area contributed by atoms with Gasteiger partial charge in [0.1, 0.15) is 0 Å². The van der Waals surface area contributed by atoms with Gasteiger partial charge in [-0.25, -0.2) is 0 Å². The molecule has 0 aliphatic carbocycles. The summed E-state index contributed by atoms with van der Waals surface area (Å²) in [5, 5.41) is 10.3. The quantitative estimate of drug-likeness (QED) is 0.880. The summed E-state index contributed by atoms with van der Waals surface area (Å²) in [6, 6.07) is 3.17. The molecule has 0 spiro atoms.